The Morgan fingerprint density at radius 1 is 1.03 bits per heavy atom. The summed E-state index contributed by atoms with van der Waals surface area (Å²) in [5, 5.41) is 11.7. The van der Waals surface area contributed by atoms with Gasteiger partial charge in [-0.2, -0.15) is 0 Å². The van der Waals surface area contributed by atoms with Gasteiger partial charge in [0.15, 0.2) is 0 Å². The summed E-state index contributed by atoms with van der Waals surface area (Å²) in [5.41, 5.74) is 4.13. The number of methoxy groups -OCH3 is 1. The summed E-state index contributed by atoms with van der Waals surface area (Å²) in [7, 11) is 3.39. The Kier molecular flexibility index (Phi) is 18.6. The van der Waals surface area contributed by atoms with Crippen molar-refractivity contribution in [2.75, 3.05) is 79.7 Å². The number of carbonyl (C=O) groups excluding carboxylic acids is 4. The summed E-state index contributed by atoms with van der Waals surface area (Å²) in [6.45, 7) is 22.3. The molecule has 4 N–H and O–H groups in total. The maximum absolute atomic E-state index is 14.6. The van der Waals surface area contributed by atoms with Gasteiger partial charge in [-0.3, -0.25) is 19.4 Å². The highest BCUT2D eigenvalue weighted by molar-refractivity contribution is 5.92. The van der Waals surface area contributed by atoms with Crippen LogP contribution in [-0.2, 0) is 28.6 Å². The lowest BCUT2D eigenvalue weighted by molar-refractivity contribution is -0.155. The molecule has 15 nitrogen and oxygen atoms in total. The Bertz CT molecular complexity index is 1370. The molecule has 8 atom stereocenters. The van der Waals surface area contributed by atoms with E-state index in [2.05, 4.69) is 67.0 Å². The lowest BCUT2D eigenvalue weighted by Gasteiger charge is -2.40. The SMILES string of the molecule is CC/C=C(\NCC(C)[C@@H]1CCCN(CC(NC(=O)[C@H](C(C)C)N(C)C(=O)N2C[C@@H]3OCCN[C@@H]3C2)C(=O)N2CCC[C@@H](C(=O)OCC(C)(C)CCC)N2)C1)[C@H](C)OC. The highest BCUT2D eigenvalue weighted by atomic mass is 16.5. The molecular weight excluding hydrogens is 741 g/mol. The van der Waals surface area contributed by atoms with E-state index in [0.717, 1.165) is 64.0 Å². The van der Waals surface area contributed by atoms with Gasteiger partial charge in [-0.25, -0.2) is 10.2 Å². The van der Waals surface area contributed by atoms with E-state index in [1.165, 1.54) is 9.91 Å². The average Bonchev–Trinajstić information content (AvgIpc) is 3.65. The lowest BCUT2D eigenvalue weighted by Crippen LogP contribution is -2.64. The topological polar surface area (TPSA) is 157 Å². The number of hydrogen-bond donors (Lipinski definition) is 4. The predicted octanol–water partition coefficient (Wildman–Crippen LogP) is 3.35. The summed E-state index contributed by atoms with van der Waals surface area (Å²) in [6.07, 6.45) is 8.15. The van der Waals surface area contributed by atoms with Crippen LogP contribution in [0.2, 0.25) is 0 Å². The number of nitrogens with zero attached hydrogens (tertiary/aromatic N) is 4. The molecule has 4 heterocycles. The minimum atomic E-state index is -0.913. The number of hydrogen-bond acceptors (Lipinski definition) is 11. The van der Waals surface area contributed by atoms with Crippen molar-refractivity contribution in [3.05, 3.63) is 11.8 Å². The van der Waals surface area contributed by atoms with Gasteiger partial charge in [0.05, 0.1) is 38.0 Å². The first-order valence-electron chi connectivity index (χ1n) is 22.2. The zero-order valence-electron chi connectivity index (χ0n) is 37.4. The number of urea groups is 1. The molecule has 332 valence electrons. The number of likely N-dealkylation sites (tertiary alicyclic amines) is 2. The summed E-state index contributed by atoms with van der Waals surface area (Å²) in [5.74, 6) is -0.549. The van der Waals surface area contributed by atoms with Gasteiger partial charge in [0, 0.05) is 59.1 Å². The first-order valence-corrected chi connectivity index (χ1v) is 22.2. The standard InChI is InChI=1S/C43H78N8O7/c1-11-15-33(31(6)56-10)45-23-30(5)32-16-13-20-49(24-32)25-36(40(53)51-21-14-17-34(47-51)41(54)58-28-43(7,8)18-12-2)46-39(52)38(29(3)4)48(9)42(55)50-26-35-37(27-50)57-22-19-44-35/h15,29-32,34-38,44-45,47H,11-14,16-28H2,1-10H3,(H,46,52)/b33-15-/t30?,31-,32+,34-,35+,36?,37-,38-/m0/s1. The van der Waals surface area contributed by atoms with Crippen molar-refractivity contribution in [1.29, 1.82) is 0 Å². The zero-order valence-corrected chi connectivity index (χ0v) is 37.4. The molecule has 58 heavy (non-hydrogen) atoms. The van der Waals surface area contributed by atoms with Crippen molar-refractivity contribution in [3.63, 3.8) is 0 Å². The number of rotatable bonds is 19. The molecule has 0 radical (unpaired) electrons. The van der Waals surface area contributed by atoms with Gasteiger partial charge >= 0.3 is 12.0 Å². The summed E-state index contributed by atoms with van der Waals surface area (Å²) in [4.78, 5) is 61.8. The van der Waals surface area contributed by atoms with E-state index in [9.17, 15) is 19.2 Å². The fourth-order valence-corrected chi connectivity index (χ4v) is 9.03. The molecule has 2 unspecified atom stereocenters. The average molecular weight is 819 g/mol. The van der Waals surface area contributed by atoms with Crippen LogP contribution < -0.4 is 21.4 Å². The number of hydrazine groups is 1. The molecule has 4 aliphatic rings. The Morgan fingerprint density at radius 3 is 2.45 bits per heavy atom. The van der Waals surface area contributed by atoms with E-state index in [4.69, 9.17) is 14.2 Å². The van der Waals surface area contributed by atoms with Gasteiger partial charge in [-0.05, 0) is 75.2 Å². The van der Waals surface area contributed by atoms with E-state index in [1.54, 1.807) is 19.1 Å². The van der Waals surface area contributed by atoms with Crippen molar-refractivity contribution < 1.29 is 33.4 Å². The maximum Gasteiger partial charge on any atom is 0.324 e. The molecule has 4 rings (SSSR count). The fourth-order valence-electron chi connectivity index (χ4n) is 9.03. The van der Waals surface area contributed by atoms with Crippen molar-refractivity contribution in [1.82, 2.24) is 41.1 Å². The smallest absolute Gasteiger partial charge is 0.324 e. The third-order valence-corrected chi connectivity index (χ3v) is 12.5. The summed E-state index contributed by atoms with van der Waals surface area (Å²) >= 11 is 0. The number of likely N-dealkylation sites (N-methyl/N-ethyl adjacent to an activating group) is 1. The second kappa shape index (κ2) is 22.6. The zero-order chi connectivity index (χ0) is 42.6. The molecule has 0 aliphatic carbocycles. The van der Waals surface area contributed by atoms with E-state index < -0.39 is 18.1 Å². The van der Waals surface area contributed by atoms with Gasteiger partial charge < -0.3 is 44.9 Å². The largest absolute Gasteiger partial charge is 0.464 e. The highest BCUT2D eigenvalue weighted by Crippen LogP contribution is 2.26. The number of ether oxygens (including phenoxy) is 3. The quantitative estimate of drug-likeness (QED) is 0.142. The van der Waals surface area contributed by atoms with Crippen LogP contribution in [0.5, 0.6) is 0 Å². The molecule has 0 spiro atoms. The Labute approximate surface area is 349 Å². The Morgan fingerprint density at radius 2 is 1.78 bits per heavy atom. The number of fused-ring (bicyclic) bond motifs is 1. The normalized spacial score (nSPS) is 25.4. The molecule has 0 saturated carbocycles. The molecule has 0 aromatic rings. The minimum absolute atomic E-state index is 0.0160. The Balaban J connectivity index is 1.50. The van der Waals surface area contributed by atoms with Crippen LogP contribution in [0.25, 0.3) is 0 Å². The predicted molar refractivity (Wildman–Crippen MR) is 226 cm³/mol. The molecule has 4 saturated heterocycles. The first kappa shape index (κ1) is 47.7. The number of carbonyl (C=O) groups is 4. The number of allylic oxidation sites excluding steroid dienone is 1. The van der Waals surface area contributed by atoms with Gasteiger partial charge in [-0.1, -0.05) is 61.0 Å². The molecule has 4 aliphatic heterocycles. The molecule has 4 fully saturated rings. The van der Waals surface area contributed by atoms with E-state index in [-0.39, 0.29) is 53.4 Å². The second-order valence-electron chi connectivity index (χ2n) is 18.3. The monoisotopic (exact) mass is 819 g/mol. The van der Waals surface area contributed by atoms with E-state index in [1.807, 2.05) is 20.8 Å². The van der Waals surface area contributed by atoms with Crippen molar-refractivity contribution in [2.45, 2.75) is 137 Å². The molecule has 15 heteroatoms. The molecule has 4 amide bonds. The molecule has 0 aromatic carbocycles. The first-order chi connectivity index (χ1) is 27.6. The number of piperidine rings is 1. The van der Waals surface area contributed by atoms with Crippen LogP contribution in [0.1, 0.15) is 100 Å². The van der Waals surface area contributed by atoms with Crippen LogP contribution in [0.4, 0.5) is 4.79 Å². The van der Waals surface area contributed by atoms with Crippen LogP contribution in [-0.4, -0.2) is 160 Å². The van der Waals surface area contributed by atoms with Gasteiger partial charge in [0.1, 0.15) is 18.1 Å². The number of morpholine rings is 1. The summed E-state index contributed by atoms with van der Waals surface area (Å²) in [6, 6.07) is -2.57. The second-order valence-corrected chi connectivity index (χ2v) is 18.3. The van der Waals surface area contributed by atoms with Crippen molar-refractivity contribution in [3.8, 4) is 0 Å². The van der Waals surface area contributed by atoms with Crippen LogP contribution in [0.3, 0.4) is 0 Å². The Hall–Kier alpha value is -2.98. The van der Waals surface area contributed by atoms with Crippen molar-refractivity contribution >= 4 is 23.8 Å². The van der Waals surface area contributed by atoms with Gasteiger partial charge in [0.2, 0.25) is 5.91 Å². The van der Waals surface area contributed by atoms with Crippen LogP contribution >= 0.6 is 0 Å². The van der Waals surface area contributed by atoms with Gasteiger partial charge in [-0.15, -0.1) is 0 Å². The van der Waals surface area contributed by atoms with E-state index in [0.29, 0.717) is 64.1 Å². The molecule has 0 bridgehead atoms. The maximum atomic E-state index is 14.6. The third kappa shape index (κ3) is 13.3. The van der Waals surface area contributed by atoms with Gasteiger partial charge in [0.25, 0.3) is 5.91 Å². The molecule has 0 aromatic heterocycles. The fraction of sp³-hybridized carbons (Fsp3) is 0.860. The molecular formula is C43H78N8O7. The van der Waals surface area contributed by atoms with Crippen molar-refractivity contribution in [2.24, 2.45) is 23.2 Å². The number of amides is 4. The third-order valence-electron chi connectivity index (χ3n) is 12.5. The minimum Gasteiger partial charge on any atom is -0.464 e. The van der Waals surface area contributed by atoms with Crippen LogP contribution in [0, 0.1) is 23.2 Å². The van der Waals surface area contributed by atoms with Crippen LogP contribution in [0.15, 0.2) is 11.8 Å². The number of esters is 1. The number of nitrogens with one attached hydrogen (secondary N) is 4. The lowest BCUT2D eigenvalue weighted by atomic mass is 9.86. The highest BCUT2D eigenvalue weighted by Gasteiger charge is 2.42. The van der Waals surface area contributed by atoms with E-state index >= 15 is 0 Å². The summed E-state index contributed by atoms with van der Waals surface area (Å²) < 4.78 is 17.3.